The van der Waals surface area contributed by atoms with Crippen LogP contribution in [-0.2, 0) is 17.9 Å². The summed E-state index contributed by atoms with van der Waals surface area (Å²) < 4.78 is 0. The highest BCUT2D eigenvalue weighted by atomic mass is 32.1. The fraction of sp³-hybridized carbons (Fsp3) is 0.524. The van der Waals surface area contributed by atoms with Crippen molar-refractivity contribution in [2.75, 3.05) is 24.5 Å². The van der Waals surface area contributed by atoms with Crippen LogP contribution in [0.25, 0.3) is 0 Å². The van der Waals surface area contributed by atoms with Gasteiger partial charge in [-0.25, -0.2) is 15.0 Å². The number of carbonyl (C=O) groups excluding carboxylic acids is 1. The summed E-state index contributed by atoms with van der Waals surface area (Å²) >= 11 is 1.71. The van der Waals surface area contributed by atoms with Crippen LogP contribution in [0.2, 0.25) is 0 Å². The molecule has 0 aliphatic carbocycles. The van der Waals surface area contributed by atoms with Gasteiger partial charge in [0.25, 0.3) is 0 Å². The fourth-order valence-corrected chi connectivity index (χ4v) is 4.50. The second-order valence-electron chi connectivity index (χ2n) is 7.44. The van der Waals surface area contributed by atoms with Crippen molar-refractivity contribution >= 4 is 29.0 Å². The van der Waals surface area contributed by atoms with Gasteiger partial charge in [0.1, 0.15) is 5.82 Å². The van der Waals surface area contributed by atoms with E-state index in [2.05, 4.69) is 38.5 Å². The molecule has 1 amide bonds. The molecular weight excluding hydrogens is 398 g/mol. The van der Waals surface area contributed by atoms with E-state index in [1.165, 1.54) is 4.88 Å². The Morgan fingerprint density at radius 2 is 2.10 bits per heavy atom. The molecule has 30 heavy (non-hydrogen) atoms. The Labute approximate surface area is 182 Å². The Balaban J connectivity index is 1.67. The fourth-order valence-electron chi connectivity index (χ4n) is 3.62. The summed E-state index contributed by atoms with van der Waals surface area (Å²) in [5.41, 5.74) is 7.60. The Kier molecular flexibility index (Phi) is 7.62. The second-order valence-corrected chi connectivity index (χ2v) is 8.73. The molecule has 2 aromatic rings. The number of aromatic nitrogens is 2. The van der Waals surface area contributed by atoms with Crippen molar-refractivity contribution < 1.29 is 4.79 Å². The van der Waals surface area contributed by atoms with Crippen LogP contribution in [0.4, 0.5) is 5.82 Å². The van der Waals surface area contributed by atoms with Crippen molar-refractivity contribution in [3.63, 3.8) is 0 Å². The van der Waals surface area contributed by atoms with Crippen molar-refractivity contribution in [1.29, 1.82) is 0 Å². The minimum Gasteiger partial charge on any atom is -0.369 e. The predicted molar refractivity (Wildman–Crippen MR) is 122 cm³/mol. The number of anilines is 1. The standard InChI is InChI=1S/C21H31N7OS/c1-4-23-21(26-13-18-14(2)27-15(3)30-18)25-12-17-6-5-9-24-20(17)28-10-7-16(8-11-28)19(22)29/h5-6,9,16H,4,7-8,10-13H2,1-3H3,(H2,22,29)(H2,23,25,26). The smallest absolute Gasteiger partial charge is 0.220 e. The lowest BCUT2D eigenvalue weighted by molar-refractivity contribution is -0.122. The third-order valence-electron chi connectivity index (χ3n) is 5.23. The number of amides is 1. The summed E-state index contributed by atoms with van der Waals surface area (Å²) in [6.45, 7) is 9.68. The number of primary amides is 1. The lowest BCUT2D eigenvalue weighted by atomic mass is 9.96. The molecule has 9 heteroatoms. The highest BCUT2D eigenvalue weighted by Gasteiger charge is 2.24. The SMILES string of the molecule is CCNC(=NCc1cccnc1N1CCC(C(N)=O)CC1)NCc1sc(C)nc1C. The van der Waals surface area contributed by atoms with E-state index in [-0.39, 0.29) is 11.8 Å². The summed E-state index contributed by atoms with van der Waals surface area (Å²) in [7, 11) is 0. The highest BCUT2D eigenvalue weighted by Crippen LogP contribution is 2.25. The van der Waals surface area contributed by atoms with E-state index in [0.717, 1.165) is 60.5 Å². The maximum atomic E-state index is 11.4. The molecule has 0 bridgehead atoms. The average molecular weight is 430 g/mol. The Bertz CT molecular complexity index is 887. The molecule has 3 rings (SSSR count). The zero-order valence-corrected chi connectivity index (χ0v) is 18.8. The number of hydrogen-bond donors (Lipinski definition) is 3. The van der Waals surface area contributed by atoms with Crippen LogP contribution in [0.5, 0.6) is 0 Å². The van der Waals surface area contributed by atoms with E-state index in [1.807, 2.05) is 19.9 Å². The van der Waals surface area contributed by atoms with Gasteiger partial charge in [-0.3, -0.25) is 4.79 Å². The monoisotopic (exact) mass is 429 g/mol. The second kappa shape index (κ2) is 10.4. The van der Waals surface area contributed by atoms with Gasteiger partial charge < -0.3 is 21.3 Å². The largest absolute Gasteiger partial charge is 0.369 e. The number of aryl methyl sites for hydroxylation is 2. The molecule has 162 valence electrons. The number of nitrogens with one attached hydrogen (secondary N) is 2. The minimum absolute atomic E-state index is 0.0326. The predicted octanol–water partition coefficient (Wildman–Crippen LogP) is 2.11. The number of rotatable bonds is 7. The molecule has 1 fully saturated rings. The number of thiazole rings is 1. The van der Waals surface area contributed by atoms with E-state index in [9.17, 15) is 4.79 Å². The van der Waals surface area contributed by atoms with Gasteiger partial charge in [-0.2, -0.15) is 0 Å². The number of nitrogens with zero attached hydrogens (tertiary/aromatic N) is 4. The number of piperidine rings is 1. The number of nitrogens with two attached hydrogens (primary N) is 1. The zero-order valence-electron chi connectivity index (χ0n) is 17.9. The highest BCUT2D eigenvalue weighted by molar-refractivity contribution is 7.11. The molecule has 0 aromatic carbocycles. The first kappa shape index (κ1) is 22.0. The summed E-state index contributed by atoms with van der Waals surface area (Å²) in [6.07, 6.45) is 3.35. The number of hydrogen-bond acceptors (Lipinski definition) is 6. The first-order valence-corrected chi connectivity index (χ1v) is 11.2. The molecule has 4 N–H and O–H groups in total. The van der Waals surface area contributed by atoms with Crippen LogP contribution >= 0.6 is 11.3 Å². The number of aliphatic imine (C=N–C) groups is 1. The van der Waals surface area contributed by atoms with Gasteiger partial charge in [0.05, 0.1) is 23.8 Å². The van der Waals surface area contributed by atoms with E-state index in [4.69, 9.17) is 10.7 Å². The number of pyridine rings is 1. The zero-order chi connectivity index (χ0) is 21.5. The minimum atomic E-state index is -0.201. The van der Waals surface area contributed by atoms with Crippen molar-refractivity contribution in [1.82, 2.24) is 20.6 Å². The normalized spacial score (nSPS) is 15.3. The molecule has 2 aromatic heterocycles. The van der Waals surface area contributed by atoms with Crippen LogP contribution in [0, 0.1) is 19.8 Å². The lowest BCUT2D eigenvalue weighted by Crippen LogP contribution is -2.39. The van der Waals surface area contributed by atoms with Crippen molar-refractivity contribution in [3.05, 3.63) is 39.5 Å². The third-order valence-corrected chi connectivity index (χ3v) is 6.30. The topological polar surface area (TPSA) is 109 Å². The molecule has 0 unspecified atom stereocenters. The summed E-state index contributed by atoms with van der Waals surface area (Å²) in [4.78, 5) is 28.7. The Hall–Kier alpha value is -2.68. The van der Waals surface area contributed by atoms with E-state index in [1.54, 1.807) is 17.5 Å². The van der Waals surface area contributed by atoms with Gasteiger partial charge >= 0.3 is 0 Å². The maximum Gasteiger partial charge on any atom is 0.220 e. The first-order chi connectivity index (χ1) is 14.5. The summed E-state index contributed by atoms with van der Waals surface area (Å²) in [6, 6.07) is 4.00. The molecular formula is C21H31N7OS. The Morgan fingerprint density at radius 1 is 1.33 bits per heavy atom. The lowest BCUT2D eigenvalue weighted by Gasteiger charge is -2.32. The van der Waals surface area contributed by atoms with Crippen LogP contribution in [0.1, 0.15) is 40.9 Å². The number of carbonyl (C=O) groups is 1. The van der Waals surface area contributed by atoms with Gasteiger partial charge in [-0.15, -0.1) is 11.3 Å². The van der Waals surface area contributed by atoms with E-state index < -0.39 is 0 Å². The molecule has 0 atom stereocenters. The van der Waals surface area contributed by atoms with Crippen LogP contribution in [0.3, 0.4) is 0 Å². The van der Waals surface area contributed by atoms with Gasteiger partial charge in [-0.05, 0) is 39.7 Å². The quantitative estimate of drug-likeness (QED) is 0.459. The van der Waals surface area contributed by atoms with Crippen molar-refractivity contribution in [2.45, 2.75) is 46.7 Å². The van der Waals surface area contributed by atoms with Crippen LogP contribution < -0.4 is 21.3 Å². The molecule has 1 aliphatic heterocycles. The van der Waals surface area contributed by atoms with E-state index >= 15 is 0 Å². The molecule has 0 radical (unpaired) electrons. The van der Waals surface area contributed by atoms with Crippen molar-refractivity contribution in [3.8, 4) is 0 Å². The van der Waals surface area contributed by atoms with Gasteiger partial charge in [-0.1, -0.05) is 6.07 Å². The van der Waals surface area contributed by atoms with Crippen molar-refractivity contribution in [2.24, 2.45) is 16.6 Å². The molecule has 0 saturated carbocycles. The Morgan fingerprint density at radius 3 is 2.73 bits per heavy atom. The molecule has 0 spiro atoms. The van der Waals surface area contributed by atoms with E-state index in [0.29, 0.717) is 13.1 Å². The molecule has 3 heterocycles. The average Bonchev–Trinajstić information content (AvgIpc) is 3.07. The number of guanidine groups is 1. The van der Waals surface area contributed by atoms with Gasteiger partial charge in [0.2, 0.25) is 5.91 Å². The molecule has 8 nitrogen and oxygen atoms in total. The maximum absolute atomic E-state index is 11.4. The third kappa shape index (κ3) is 5.69. The summed E-state index contributed by atoms with van der Waals surface area (Å²) in [5, 5.41) is 7.78. The molecule has 1 aliphatic rings. The van der Waals surface area contributed by atoms with Crippen LogP contribution in [0.15, 0.2) is 23.3 Å². The van der Waals surface area contributed by atoms with Gasteiger partial charge in [0.15, 0.2) is 5.96 Å². The molecule has 1 saturated heterocycles. The van der Waals surface area contributed by atoms with Crippen LogP contribution in [-0.4, -0.2) is 41.5 Å². The first-order valence-electron chi connectivity index (χ1n) is 10.4. The summed E-state index contributed by atoms with van der Waals surface area (Å²) in [5.74, 6) is 1.47. The van der Waals surface area contributed by atoms with Gasteiger partial charge in [0, 0.05) is 42.2 Å².